The van der Waals surface area contributed by atoms with E-state index in [0.717, 1.165) is 23.4 Å². The maximum atomic E-state index is 12.2. The topological polar surface area (TPSA) is 77.6 Å². The predicted molar refractivity (Wildman–Crippen MR) is 94.1 cm³/mol. The lowest BCUT2D eigenvalue weighted by atomic mass is 10.1. The van der Waals surface area contributed by atoms with Gasteiger partial charge >= 0.3 is 0 Å². The number of aryl methyl sites for hydroxylation is 1. The summed E-state index contributed by atoms with van der Waals surface area (Å²) in [6.45, 7) is 4.68. The SMILES string of the molecule is Cc1c([C@H](C)NC(=O)CCCn2cncn2)cnn1-c1ccccc1. The molecule has 130 valence electrons. The van der Waals surface area contributed by atoms with Crippen LogP contribution < -0.4 is 5.32 Å². The van der Waals surface area contributed by atoms with Gasteiger partial charge in [-0.15, -0.1) is 0 Å². The molecule has 3 aromatic rings. The van der Waals surface area contributed by atoms with E-state index in [1.807, 2.05) is 55.1 Å². The summed E-state index contributed by atoms with van der Waals surface area (Å²) in [5.41, 5.74) is 3.06. The maximum Gasteiger partial charge on any atom is 0.220 e. The summed E-state index contributed by atoms with van der Waals surface area (Å²) in [6.07, 6.45) is 6.15. The summed E-state index contributed by atoms with van der Waals surface area (Å²) < 4.78 is 3.62. The first-order valence-corrected chi connectivity index (χ1v) is 8.37. The van der Waals surface area contributed by atoms with Gasteiger partial charge in [-0.25, -0.2) is 9.67 Å². The molecule has 0 unspecified atom stereocenters. The van der Waals surface area contributed by atoms with E-state index >= 15 is 0 Å². The highest BCUT2D eigenvalue weighted by Crippen LogP contribution is 2.20. The summed E-state index contributed by atoms with van der Waals surface area (Å²) in [5.74, 6) is 0.0273. The zero-order valence-electron chi connectivity index (χ0n) is 14.5. The molecule has 0 saturated carbocycles. The fourth-order valence-electron chi connectivity index (χ4n) is 2.82. The van der Waals surface area contributed by atoms with Crippen molar-refractivity contribution in [2.75, 3.05) is 0 Å². The van der Waals surface area contributed by atoms with Crippen LogP contribution >= 0.6 is 0 Å². The highest BCUT2D eigenvalue weighted by molar-refractivity contribution is 5.76. The van der Waals surface area contributed by atoms with Crippen LogP contribution in [0.1, 0.15) is 37.1 Å². The molecule has 3 rings (SSSR count). The average molecular weight is 338 g/mol. The van der Waals surface area contributed by atoms with Gasteiger partial charge in [0.15, 0.2) is 0 Å². The molecule has 0 fully saturated rings. The number of rotatable bonds is 7. The van der Waals surface area contributed by atoms with Crippen LogP contribution in [-0.2, 0) is 11.3 Å². The van der Waals surface area contributed by atoms with Gasteiger partial charge in [-0.05, 0) is 32.4 Å². The lowest BCUT2D eigenvalue weighted by Crippen LogP contribution is -2.27. The Labute approximate surface area is 146 Å². The fraction of sp³-hybridized carbons (Fsp3) is 0.333. The average Bonchev–Trinajstić information content (AvgIpc) is 3.25. The van der Waals surface area contributed by atoms with E-state index in [-0.39, 0.29) is 11.9 Å². The molecule has 0 spiro atoms. The molecule has 1 atom stereocenters. The van der Waals surface area contributed by atoms with Crippen molar-refractivity contribution in [2.24, 2.45) is 0 Å². The molecule has 0 aliphatic heterocycles. The smallest absolute Gasteiger partial charge is 0.220 e. The molecule has 0 aliphatic carbocycles. The quantitative estimate of drug-likeness (QED) is 0.718. The molecular weight excluding hydrogens is 316 g/mol. The summed E-state index contributed by atoms with van der Waals surface area (Å²) in [4.78, 5) is 16.0. The third kappa shape index (κ3) is 4.12. The van der Waals surface area contributed by atoms with Crippen LogP contribution in [0.2, 0.25) is 0 Å². The molecule has 1 aromatic carbocycles. The Morgan fingerprint density at radius 1 is 1.24 bits per heavy atom. The summed E-state index contributed by atoms with van der Waals surface area (Å²) in [6, 6.07) is 9.88. The second-order valence-electron chi connectivity index (χ2n) is 5.98. The van der Waals surface area contributed by atoms with Crippen molar-refractivity contribution in [1.82, 2.24) is 29.9 Å². The minimum absolute atomic E-state index is 0.0273. The maximum absolute atomic E-state index is 12.2. The van der Waals surface area contributed by atoms with Crippen LogP contribution in [0.3, 0.4) is 0 Å². The Bertz CT molecular complexity index is 809. The van der Waals surface area contributed by atoms with Crippen LogP contribution in [-0.4, -0.2) is 30.5 Å². The van der Waals surface area contributed by atoms with Gasteiger partial charge in [-0.2, -0.15) is 10.2 Å². The van der Waals surface area contributed by atoms with Gasteiger partial charge in [0.2, 0.25) is 5.91 Å². The fourth-order valence-corrected chi connectivity index (χ4v) is 2.82. The molecule has 1 amide bonds. The molecule has 2 heterocycles. The van der Waals surface area contributed by atoms with E-state index in [2.05, 4.69) is 20.5 Å². The number of benzene rings is 1. The summed E-state index contributed by atoms with van der Waals surface area (Å²) in [5, 5.41) is 11.5. The molecule has 0 saturated heterocycles. The van der Waals surface area contributed by atoms with Crippen molar-refractivity contribution in [3.05, 3.63) is 60.4 Å². The van der Waals surface area contributed by atoms with Gasteiger partial charge < -0.3 is 5.32 Å². The predicted octanol–water partition coefficient (Wildman–Crippen LogP) is 2.43. The Morgan fingerprint density at radius 2 is 2.04 bits per heavy atom. The van der Waals surface area contributed by atoms with Crippen molar-refractivity contribution in [1.29, 1.82) is 0 Å². The largest absolute Gasteiger partial charge is 0.349 e. The zero-order chi connectivity index (χ0) is 17.6. The standard InChI is InChI=1S/C18H22N6O/c1-14(22-18(25)9-6-10-23-13-19-12-21-23)17-11-20-24(15(17)2)16-7-4-3-5-8-16/h3-5,7-8,11-14H,6,9-10H2,1-2H3,(H,22,25)/t14-/m0/s1. The molecule has 2 aromatic heterocycles. The number of hydrogen-bond acceptors (Lipinski definition) is 4. The molecule has 25 heavy (non-hydrogen) atoms. The zero-order valence-corrected chi connectivity index (χ0v) is 14.5. The van der Waals surface area contributed by atoms with Gasteiger partial charge in [-0.1, -0.05) is 18.2 Å². The van der Waals surface area contributed by atoms with Gasteiger partial charge in [-0.3, -0.25) is 9.48 Å². The molecule has 7 heteroatoms. The van der Waals surface area contributed by atoms with Crippen LogP contribution in [0.4, 0.5) is 0 Å². The second kappa shape index (κ2) is 7.74. The van der Waals surface area contributed by atoms with E-state index in [9.17, 15) is 4.79 Å². The van der Waals surface area contributed by atoms with E-state index in [1.54, 1.807) is 11.0 Å². The van der Waals surface area contributed by atoms with Gasteiger partial charge in [0.25, 0.3) is 0 Å². The number of para-hydroxylation sites is 1. The van der Waals surface area contributed by atoms with Crippen LogP contribution in [0.15, 0.2) is 49.2 Å². The molecule has 1 N–H and O–H groups in total. The minimum Gasteiger partial charge on any atom is -0.349 e. The Kier molecular flexibility index (Phi) is 5.23. The number of nitrogens with one attached hydrogen (secondary N) is 1. The third-order valence-corrected chi connectivity index (χ3v) is 4.15. The molecular formula is C18H22N6O. The first kappa shape index (κ1) is 16.9. The van der Waals surface area contributed by atoms with Gasteiger partial charge in [0.05, 0.1) is 17.9 Å². The van der Waals surface area contributed by atoms with E-state index in [1.165, 1.54) is 6.33 Å². The normalized spacial score (nSPS) is 12.1. The highest BCUT2D eigenvalue weighted by atomic mass is 16.1. The van der Waals surface area contributed by atoms with Crippen molar-refractivity contribution in [3.8, 4) is 5.69 Å². The van der Waals surface area contributed by atoms with Crippen LogP contribution in [0.25, 0.3) is 5.69 Å². The van der Waals surface area contributed by atoms with Crippen LogP contribution in [0.5, 0.6) is 0 Å². The second-order valence-corrected chi connectivity index (χ2v) is 5.98. The minimum atomic E-state index is -0.0867. The number of carbonyl (C=O) groups excluding carboxylic acids is 1. The van der Waals surface area contributed by atoms with Crippen molar-refractivity contribution < 1.29 is 4.79 Å². The lowest BCUT2D eigenvalue weighted by Gasteiger charge is -2.14. The van der Waals surface area contributed by atoms with E-state index < -0.39 is 0 Å². The lowest BCUT2D eigenvalue weighted by molar-refractivity contribution is -0.121. The Morgan fingerprint density at radius 3 is 2.76 bits per heavy atom. The van der Waals surface area contributed by atoms with Crippen molar-refractivity contribution in [3.63, 3.8) is 0 Å². The molecule has 0 bridgehead atoms. The number of hydrogen-bond donors (Lipinski definition) is 1. The summed E-state index contributed by atoms with van der Waals surface area (Å²) >= 11 is 0. The van der Waals surface area contributed by atoms with E-state index in [0.29, 0.717) is 13.0 Å². The van der Waals surface area contributed by atoms with Gasteiger partial charge in [0.1, 0.15) is 12.7 Å². The number of nitrogens with zero attached hydrogens (tertiary/aromatic N) is 5. The first-order valence-electron chi connectivity index (χ1n) is 8.37. The molecule has 0 radical (unpaired) electrons. The van der Waals surface area contributed by atoms with Crippen molar-refractivity contribution in [2.45, 2.75) is 39.3 Å². The first-order chi connectivity index (χ1) is 12.1. The number of carbonyl (C=O) groups is 1. The summed E-state index contributed by atoms with van der Waals surface area (Å²) in [7, 11) is 0. The van der Waals surface area contributed by atoms with E-state index in [4.69, 9.17) is 0 Å². The Hall–Kier alpha value is -2.96. The molecule has 7 nitrogen and oxygen atoms in total. The monoisotopic (exact) mass is 338 g/mol. The molecule has 0 aliphatic rings. The number of aromatic nitrogens is 5. The third-order valence-electron chi connectivity index (χ3n) is 4.15. The van der Waals surface area contributed by atoms with Crippen LogP contribution in [0, 0.1) is 6.92 Å². The van der Waals surface area contributed by atoms with Gasteiger partial charge in [0, 0.05) is 24.2 Å². The van der Waals surface area contributed by atoms with Crippen molar-refractivity contribution >= 4 is 5.91 Å². The Balaban J connectivity index is 1.57. The number of amides is 1. The highest BCUT2D eigenvalue weighted by Gasteiger charge is 2.16.